The van der Waals surface area contributed by atoms with Crippen LogP contribution in [0.25, 0.3) is 0 Å². The second-order valence-electron chi connectivity index (χ2n) is 8.36. The molecule has 1 aliphatic heterocycles. The minimum atomic E-state index is -3.42. The van der Waals surface area contributed by atoms with Crippen molar-refractivity contribution in [3.63, 3.8) is 0 Å². The van der Waals surface area contributed by atoms with Gasteiger partial charge in [-0.15, -0.1) is 0 Å². The van der Waals surface area contributed by atoms with E-state index in [-0.39, 0.29) is 16.8 Å². The summed E-state index contributed by atoms with van der Waals surface area (Å²) in [5, 5.41) is 5.91. The molecule has 11 heteroatoms. The molecule has 0 saturated carbocycles. The standard InChI is InChI=1S/C25H27N5O5S/c1-3-26-25(32)17-6-10-22(27-14-17)29-19-7-9-21(18(13-19)16-30-12-4-5-24(30)31)35-20-8-11-23(28-15-20)36(2,33)34/h6-11,13-15H,3-5,12,16H2,1-2H3,(H,26,32)(H,27,29). The third-order valence-electron chi connectivity index (χ3n) is 5.55. The van der Waals surface area contributed by atoms with E-state index in [2.05, 4.69) is 20.6 Å². The van der Waals surface area contributed by atoms with E-state index in [0.29, 0.717) is 48.9 Å². The molecule has 0 bridgehead atoms. The van der Waals surface area contributed by atoms with Crippen molar-refractivity contribution in [2.45, 2.75) is 31.3 Å². The van der Waals surface area contributed by atoms with Gasteiger partial charge in [-0.2, -0.15) is 0 Å². The number of rotatable bonds is 9. The number of hydrogen-bond donors (Lipinski definition) is 2. The largest absolute Gasteiger partial charge is 0.455 e. The summed E-state index contributed by atoms with van der Waals surface area (Å²) in [6.45, 7) is 3.42. The minimum absolute atomic E-state index is 0.0389. The molecule has 1 aliphatic rings. The molecule has 0 aliphatic carbocycles. The zero-order chi connectivity index (χ0) is 25.7. The first-order valence-corrected chi connectivity index (χ1v) is 13.4. The number of carbonyl (C=O) groups excluding carboxylic acids is 2. The predicted molar refractivity (Wildman–Crippen MR) is 134 cm³/mol. The highest BCUT2D eigenvalue weighted by molar-refractivity contribution is 7.90. The Labute approximate surface area is 209 Å². The molecule has 1 fully saturated rings. The van der Waals surface area contributed by atoms with Crippen molar-refractivity contribution in [3.05, 3.63) is 66.0 Å². The van der Waals surface area contributed by atoms with E-state index in [1.54, 1.807) is 29.2 Å². The van der Waals surface area contributed by atoms with Crippen molar-refractivity contribution < 1.29 is 22.7 Å². The third-order valence-corrected chi connectivity index (χ3v) is 6.55. The van der Waals surface area contributed by atoms with Crippen molar-refractivity contribution in [2.24, 2.45) is 0 Å². The molecule has 3 heterocycles. The maximum absolute atomic E-state index is 12.2. The average molecular weight is 510 g/mol. The number of pyridine rings is 2. The lowest BCUT2D eigenvalue weighted by Gasteiger charge is -2.19. The van der Waals surface area contributed by atoms with Crippen molar-refractivity contribution in [2.75, 3.05) is 24.7 Å². The number of sulfone groups is 1. The number of carbonyl (C=O) groups is 2. The van der Waals surface area contributed by atoms with Gasteiger partial charge in [0.2, 0.25) is 5.91 Å². The van der Waals surface area contributed by atoms with Gasteiger partial charge in [0.05, 0.1) is 11.8 Å². The van der Waals surface area contributed by atoms with Crippen LogP contribution in [-0.4, -0.2) is 54.4 Å². The van der Waals surface area contributed by atoms with Gasteiger partial charge in [0.15, 0.2) is 14.9 Å². The molecule has 0 unspecified atom stereocenters. The van der Waals surface area contributed by atoms with Crippen LogP contribution in [0.3, 0.4) is 0 Å². The maximum atomic E-state index is 12.2. The van der Waals surface area contributed by atoms with Gasteiger partial charge in [0.25, 0.3) is 5.91 Å². The molecule has 2 aromatic heterocycles. The Kier molecular flexibility index (Phi) is 7.49. The number of ether oxygens (including phenoxy) is 1. The molecule has 4 rings (SSSR count). The normalized spacial score (nSPS) is 13.5. The molecular weight excluding hydrogens is 482 g/mol. The number of likely N-dealkylation sites (tertiary alicyclic amines) is 1. The van der Waals surface area contributed by atoms with Crippen LogP contribution in [0.15, 0.2) is 59.9 Å². The van der Waals surface area contributed by atoms with Crippen molar-refractivity contribution >= 4 is 33.2 Å². The Morgan fingerprint density at radius 2 is 1.94 bits per heavy atom. The number of amides is 2. The number of benzene rings is 1. The van der Waals surface area contributed by atoms with Crippen LogP contribution >= 0.6 is 0 Å². The Balaban J connectivity index is 1.56. The second kappa shape index (κ2) is 10.7. The zero-order valence-electron chi connectivity index (χ0n) is 20.0. The second-order valence-corrected chi connectivity index (χ2v) is 10.3. The average Bonchev–Trinajstić information content (AvgIpc) is 3.25. The highest BCUT2D eigenvalue weighted by Crippen LogP contribution is 2.31. The summed E-state index contributed by atoms with van der Waals surface area (Å²) in [6.07, 6.45) is 5.28. The van der Waals surface area contributed by atoms with Crippen LogP contribution in [0.5, 0.6) is 11.5 Å². The van der Waals surface area contributed by atoms with E-state index in [1.165, 1.54) is 18.5 Å². The van der Waals surface area contributed by atoms with Gasteiger partial charge in [0.1, 0.15) is 17.3 Å². The number of nitrogens with one attached hydrogen (secondary N) is 2. The molecule has 2 amide bonds. The van der Waals surface area contributed by atoms with Crippen LogP contribution in [0, 0.1) is 0 Å². The van der Waals surface area contributed by atoms with Crippen LogP contribution in [0.2, 0.25) is 0 Å². The lowest BCUT2D eigenvalue weighted by atomic mass is 10.1. The molecule has 188 valence electrons. The lowest BCUT2D eigenvalue weighted by Crippen LogP contribution is -2.24. The van der Waals surface area contributed by atoms with Crippen molar-refractivity contribution in [3.8, 4) is 11.5 Å². The molecule has 0 radical (unpaired) electrons. The summed E-state index contributed by atoms with van der Waals surface area (Å²) in [5.41, 5.74) is 1.96. The quantitative estimate of drug-likeness (QED) is 0.449. The Morgan fingerprint density at radius 3 is 2.56 bits per heavy atom. The highest BCUT2D eigenvalue weighted by Gasteiger charge is 2.22. The molecule has 10 nitrogen and oxygen atoms in total. The lowest BCUT2D eigenvalue weighted by molar-refractivity contribution is -0.128. The van der Waals surface area contributed by atoms with Gasteiger partial charge in [-0.1, -0.05) is 0 Å². The molecule has 2 N–H and O–H groups in total. The predicted octanol–water partition coefficient (Wildman–Crippen LogP) is 3.29. The van der Waals surface area contributed by atoms with Gasteiger partial charge in [0, 0.05) is 49.8 Å². The van der Waals surface area contributed by atoms with Crippen molar-refractivity contribution in [1.29, 1.82) is 0 Å². The Bertz CT molecular complexity index is 1360. The number of hydrogen-bond acceptors (Lipinski definition) is 8. The van der Waals surface area contributed by atoms with E-state index >= 15 is 0 Å². The van der Waals surface area contributed by atoms with Crippen molar-refractivity contribution in [1.82, 2.24) is 20.2 Å². The van der Waals surface area contributed by atoms with Crippen LogP contribution in [0.1, 0.15) is 35.7 Å². The third kappa shape index (κ3) is 6.16. The summed E-state index contributed by atoms with van der Waals surface area (Å²) in [4.78, 5) is 34.3. The fourth-order valence-corrected chi connectivity index (χ4v) is 4.30. The van der Waals surface area contributed by atoms with E-state index < -0.39 is 9.84 Å². The summed E-state index contributed by atoms with van der Waals surface area (Å²) in [6, 6.07) is 11.8. The number of aromatic nitrogens is 2. The van der Waals surface area contributed by atoms with E-state index in [1.807, 2.05) is 19.1 Å². The number of nitrogens with zero attached hydrogens (tertiary/aromatic N) is 3. The van der Waals surface area contributed by atoms with Gasteiger partial charge in [-0.3, -0.25) is 9.59 Å². The van der Waals surface area contributed by atoms with Gasteiger partial charge < -0.3 is 20.3 Å². The van der Waals surface area contributed by atoms with Crippen LogP contribution < -0.4 is 15.4 Å². The summed E-state index contributed by atoms with van der Waals surface area (Å²) in [7, 11) is -3.42. The summed E-state index contributed by atoms with van der Waals surface area (Å²) < 4.78 is 29.4. The topological polar surface area (TPSA) is 131 Å². The molecule has 1 aromatic carbocycles. The Morgan fingerprint density at radius 1 is 1.11 bits per heavy atom. The smallest absolute Gasteiger partial charge is 0.252 e. The first-order valence-electron chi connectivity index (χ1n) is 11.5. The van der Waals surface area contributed by atoms with E-state index in [0.717, 1.165) is 23.9 Å². The van der Waals surface area contributed by atoms with Crippen LogP contribution in [-0.2, 0) is 21.2 Å². The molecule has 1 saturated heterocycles. The molecule has 3 aromatic rings. The molecular formula is C25H27N5O5S. The van der Waals surface area contributed by atoms with Crippen LogP contribution in [0.4, 0.5) is 11.5 Å². The highest BCUT2D eigenvalue weighted by atomic mass is 32.2. The molecule has 0 spiro atoms. The van der Waals surface area contributed by atoms with E-state index in [4.69, 9.17) is 4.74 Å². The van der Waals surface area contributed by atoms with Gasteiger partial charge >= 0.3 is 0 Å². The zero-order valence-corrected chi connectivity index (χ0v) is 20.8. The number of anilines is 2. The monoisotopic (exact) mass is 509 g/mol. The van der Waals surface area contributed by atoms with E-state index in [9.17, 15) is 18.0 Å². The summed E-state index contributed by atoms with van der Waals surface area (Å²) in [5.74, 6) is 1.35. The Hall–Kier alpha value is -3.99. The maximum Gasteiger partial charge on any atom is 0.252 e. The fraction of sp³-hybridized carbons (Fsp3) is 0.280. The first kappa shape index (κ1) is 25.1. The molecule has 0 atom stereocenters. The first-order chi connectivity index (χ1) is 17.2. The SMILES string of the molecule is CCNC(=O)c1ccc(Nc2ccc(Oc3ccc(S(C)(=O)=O)nc3)c(CN3CCCC3=O)c2)nc1. The summed E-state index contributed by atoms with van der Waals surface area (Å²) >= 11 is 0. The van der Waals surface area contributed by atoms with Gasteiger partial charge in [-0.25, -0.2) is 18.4 Å². The van der Waals surface area contributed by atoms with Gasteiger partial charge in [-0.05, 0) is 55.8 Å². The molecule has 36 heavy (non-hydrogen) atoms. The fourth-order valence-electron chi connectivity index (χ4n) is 3.74. The minimum Gasteiger partial charge on any atom is -0.455 e.